The summed E-state index contributed by atoms with van der Waals surface area (Å²) in [5.74, 6) is -1.59. The van der Waals surface area contributed by atoms with Crippen molar-refractivity contribution in [3.05, 3.63) is 70.8 Å². The zero-order chi connectivity index (χ0) is 23.1. The number of carboxylic acids is 1. The van der Waals surface area contributed by atoms with Gasteiger partial charge in [0.05, 0.1) is 0 Å². The Hall–Kier alpha value is -4.11. The Labute approximate surface area is 191 Å². The number of furan rings is 1. The molecule has 0 fully saturated rings. The normalized spacial score (nSPS) is 16.6. The van der Waals surface area contributed by atoms with Gasteiger partial charge in [0.2, 0.25) is 0 Å². The minimum atomic E-state index is -1.22. The summed E-state index contributed by atoms with van der Waals surface area (Å²) in [7, 11) is 0. The molecule has 1 amide bonds. The second-order valence-corrected chi connectivity index (χ2v) is 8.32. The van der Waals surface area contributed by atoms with Crippen LogP contribution in [0.25, 0.3) is 22.3 Å². The fourth-order valence-electron chi connectivity index (χ4n) is 3.75. The number of amides is 1. The summed E-state index contributed by atoms with van der Waals surface area (Å²) in [6.07, 6.45) is 7.87. The van der Waals surface area contributed by atoms with Crippen LogP contribution in [-0.4, -0.2) is 29.1 Å². The van der Waals surface area contributed by atoms with E-state index in [0.29, 0.717) is 23.0 Å². The van der Waals surface area contributed by atoms with Crippen LogP contribution in [0.5, 0.6) is 5.75 Å². The number of hydrogen-bond acceptors (Lipinski definition) is 7. The molecule has 0 saturated heterocycles. The third-order valence-corrected chi connectivity index (χ3v) is 6.09. The SMILES string of the molecule is CC(=O)Oc1cccc2cc(-c3csc(NC(=O)C4=CC5=CC=CCC5O4)c3C(=O)O)oc12. The third kappa shape index (κ3) is 3.83. The molecule has 0 spiro atoms. The van der Waals surface area contributed by atoms with Crippen molar-refractivity contribution >= 4 is 45.2 Å². The van der Waals surface area contributed by atoms with Gasteiger partial charge in [0, 0.05) is 29.7 Å². The van der Waals surface area contributed by atoms with Gasteiger partial charge in [-0.1, -0.05) is 30.4 Å². The summed E-state index contributed by atoms with van der Waals surface area (Å²) in [6.45, 7) is 1.28. The maximum Gasteiger partial charge on any atom is 0.339 e. The highest BCUT2D eigenvalue weighted by Crippen LogP contribution is 2.40. The molecule has 2 aromatic heterocycles. The van der Waals surface area contributed by atoms with E-state index in [4.69, 9.17) is 13.9 Å². The van der Waals surface area contributed by atoms with Crippen LogP contribution in [0.1, 0.15) is 23.7 Å². The van der Waals surface area contributed by atoms with Gasteiger partial charge in [-0.2, -0.15) is 0 Å². The van der Waals surface area contributed by atoms with Crippen LogP contribution in [0, 0.1) is 0 Å². The van der Waals surface area contributed by atoms with Crippen LogP contribution >= 0.6 is 11.3 Å². The van der Waals surface area contributed by atoms with E-state index < -0.39 is 17.8 Å². The van der Waals surface area contributed by atoms with Crippen molar-refractivity contribution in [1.29, 1.82) is 0 Å². The molecule has 0 saturated carbocycles. The predicted molar refractivity (Wildman–Crippen MR) is 121 cm³/mol. The number of allylic oxidation sites excluding steroid dienone is 2. The first kappa shape index (κ1) is 20.8. The standard InChI is InChI=1S/C24H17NO7S/c1-12(26)30-17-8-4-6-14-10-18(32-21(14)17)15-11-33-23(20(15)24(28)29)25-22(27)19-9-13-5-2-3-7-16(13)31-19/h2-6,8-11,16H,7H2,1H3,(H,25,27)(H,28,29). The number of carbonyl (C=O) groups is 3. The summed E-state index contributed by atoms with van der Waals surface area (Å²) in [6, 6.07) is 6.72. The van der Waals surface area contributed by atoms with Crippen LogP contribution < -0.4 is 10.1 Å². The zero-order valence-corrected chi connectivity index (χ0v) is 18.1. The number of rotatable bonds is 5. The van der Waals surface area contributed by atoms with E-state index in [0.717, 1.165) is 16.9 Å². The van der Waals surface area contributed by atoms with Gasteiger partial charge in [0.15, 0.2) is 17.1 Å². The minimum absolute atomic E-state index is 0.0988. The lowest BCUT2D eigenvalue weighted by Gasteiger charge is -2.14. The Balaban J connectivity index is 1.47. The van der Waals surface area contributed by atoms with Crippen LogP contribution in [0.2, 0.25) is 0 Å². The van der Waals surface area contributed by atoms with E-state index in [2.05, 4.69) is 5.32 Å². The molecule has 2 N–H and O–H groups in total. The number of fused-ring (bicyclic) bond motifs is 2. The minimum Gasteiger partial charge on any atom is -0.480 e. The fraction of sp³-hybridized carbons (Fsp3) is 0.125. The van der Waals surface area contributed by atoms with Gasteiger partial charge < -0.3 is 24.3 Å². The molecule has 0 radical (unpaired) electrons. The molecular weight excluding hydrogens is 446 g/mol. The Morgan fingerprint density at radius 3 is 2.88 bits per heavy atom. The van der Waals surface area contributed by atoms with E-state index >= 15 is 0 Å². The van der Waals surface area contributed by atoms with Crippen molar-refractivity contribution in [2.45, 2.75) is 19.4 Å². The molecule has 9 heteroatoms. The molecule has 8 nitrogen and oxygen atoms in total. The first-order chi connectivity index (χ1) is 15.9. The largest absolute Gasteiger partial charge is 0.480 e. The maximum absolute atomic E-state index is 12.8. The summed E-state index contributed by atoms with van der Waals surface area (Å²) >= 11 is 1.07. The van der Waals surface area contributed by atoms with E-state index in [-0.39, 0.29) is 33.9 Å². The van der Waals surface area contributed by atoms with E-state index in [1.807, 2.05) is 18.2 Å². The molecule has 1 atom stereocenters. The molecule has 3 heterocycles. The summed E-state index contributed by atoms with van der Waals surface area (Å²) in [4.78, 5) is 36.2. The number of anilines is 1. The zero-order valence-electron chi connectivity index (χ0n) is 17.3. The average Bonchev–Trinajstić information content (AvgIpc) is 3.49. The molecule has 1 aliphatic carbocycles. The lowest BCUT2D eigenvalue weighted by atomic mass is 10.0. The number of esters is 1. The second kappa shape index (κ2) is 8.10. The first-order valence-electron chi connectivity index (χ1n) is 10.0. The Kier molecular flexibility index (Phi) is 5.10. The van der Waals surface area contributed by atoms with Crippen molar-refractivity contribution in [2.75, 3.05) is 5.32 Å². The Bertz CT molecular complexity index is 1410. The molecule has 166 valence electrons. The lowest BCUT2D eigenvalue weighted by molar-refractivity contribution is -0.131. The van der Waals surface area contributed by atoms with Crippen molar-refractivity contribution in [3.63, 3.8) is 0 Å². The summed E-state index contributed by atoms with van der Waals surface area (Å²) < 4.78 is 16.7. The monoisotopic (exact) mass is 463 g/mol. The molecule has 3 aromatic rings. The van der Waals surface area contributed by atoms with E-state index in [1.165, 1.54) is 6.92 Å². The van der Waals surface area contributed by atoms with E-state index in [1.54, 1.807) is 35.7 Å². The summed E-state index contributed by atoms with van der Waals surface area (Å²) in [5, 5.41) is 14.9. The number of para-hydroxylation sites is 1. The highest BCUT2D eigenvalue weighted by Gasteiger charge is 2.30. The van der Waals surface area contributed by atoms with Gasteiger partial charge >= 0.3 is 11.9 Å². The van der Waals surface area contributed by atoms with Crippen LogP contribution in [0.4, 0.5) is 5.00 Å². The van der Waals surface area contributed by atoms with Crippen LogP contribution in [-0.2, 0) is 14.3 Å². The Morgan fingerprint density at radius 2 is 2.12 bits per heavy atom. The molecule has 2 aliphatic rings. The van der Waals surface area contributed by atoms with Crippen molar-refractivity contribution in [1.82, 2.24) is 0 Å². The first-order valence-corrected chi connectivity index (χ1v) is 10.9. The van der Waals surface area contributed by atoms with Crippen LogP contribution in [0.3, 0.4) is 0 Å². The molecule has 1 aromatic carbocycles. The molecular formula is C24H17NO7S. The number of carboxylic acid groups (broad SMARTS) is 1. The van der Waals surface area contributed by atoms with Gasteiger partial charge in [0.25, 0.3) is 5.91 Å². The average molecular weight is 463 g/mol. The van der Waals surface area contributed by atoms with Gasteiger partial charge in [-0.3, -0.25) is 9.59 Å². The number of ether oxygens (including phenoxy) is 2. The third-order valence-electron chi connectivity index (χ3n) is 5.20. The van der Waals surface area contributed by atoms with Crippen molar-refractivity contribution in [2.24, 2.45) is 0 Å². The number of benzene rings is 1. The topological polar surface area (TPSA) is 115 Å². The van der Waals surface area contributed by atoms with Gasteiger partial charge in [-0.15, -0.1) is 11.3 Å². The van der Waals surface area contributed by atoms with E-state index in [9.17, 15) is 19.5 Å². The second-order valence-electron chi connectivity index (χ2n) is 7.44. The smallest absolute Gasteiger partial charge is 0.339 e. The highest BCUT2D eigenvalue weighted by molar-refractivity contribution is 7.15. The number of carbonyl (C=O) groups excluding carboxylic acids is 2. The van der Waals surface area contributed by atoms with Crippen LogP contribution in [0.15, 0.2) is 69.7 Å². The lowest BCUT2D eigenvalue weighted by Crippen LogP contribution is -2.18. The molecule has 33 heavy (non-hydrogen) atoms. The predicted octanol–water partition coefficient (Wildman–Crippen LogP) is 4.89. The number of thiophene rings is 1. The number of nitrogens with one attached hydrogen (secondary N) is 1. The number of aromatic carboxylic acids is 1. The van der Waals surface area contributed by atoms with Crippen molar-refractivity contribution in [3.8, 4) is 17.1 Å². The van der Waals surface area contributed by atoms with Crippen molar-refractivity contribution < 1.29 is 33.4 Å². The quantitative estimate of drug-likeness (QED) is 0.409. The molecule has 1 aliphatic heterocycles. The van der Waals surface area contributed by atoms with Gasteiger partial charge in [-0.05, 0) is 23.8 Å². The molecule has 0 bridgehead atoms. The Morgan fingerprint density at radius 1 is 1.27 bits per heavy atom. The van der Waals surface area contributed by atoms with Gasteiger partial charge in [0.1, 0.15) is 22.4 Å². The maximum atomic E-state index is 12.8. The molecule has 1 unspecified atom stereocenters. The fourth-order valence-corrected chi connectivity index (χ4v) is 4.69. The summed E-state index contributed by atoms with van der Waals surface area (Å²) in [5.41, 5.74) is 1.43. The highest BCUT2D eigenvalue weighted by atomic mass is 32.1. The number of hydrogen-bond donors (Lipinski definition) is 2. The van der Waals surface area contributed by atoms with Gasteiger partial charge in [-0.25, -0.2) is 4.79 Å². The molecule has 5 rings (SSSR count).